The van der Waals surface area contributed by atoms with E-state index in [0.29, 0.717) is 0 Å². The fourth-order valence-electron chi connectivity index (χ4n) is 1.74. The number of aromatic nitrogens is 1. The molecule has 0 aliphatic heterocycles. The summed E-state index contributed by atoms with van der Waals surface area (Å²) in [7, 11) is 0. The molecule has 1 unspecified atom stereocenters. The van der Waals surface area contributed by atoms with Crippen molar-refractivity contribution in [2.45, 2.75) is 13.0 Å². The summed E-state index contributed by atoms with van der Waals surface area (Å²) in [6.45, 7) is 1.94. The Morgan fingerprint density at radius 2 is 2.00 bits per heavy atom. The average molecular weight is 259 g/mol. The van der Waals surface area contributed by atoms with Crippen LogP contribution in [0, 0.1) is 5.82 Å². The fourth-order valence-corrected chi connectivity index (χ4v) is 1.74. The van der Waals surface area contributed by atoms with Crippen LogP contribution >= 0.6 is 0 Å². The third kappa shape index (κ3) is 3.28. The van der Waals surface area contributed by atoms with Crippen LogP contribution in [0.15, 0.2) is 42.6 Å². The Bertz CT molecular complexity index is 583. The predicted octanol–water partition coefficient (Wildman–Crippen LogP) is 2.49. The Labute approximate surface area is 110 Å². The van der Waals surface area contributed by atoms with E-state index in [2.05, 4.69) is 10.3 Å². The third-order valence-corrected chi connectivity index (χ3v) is 2.77. The Balaban J connectivity index is 2.14. The quantitative estimate of drug-likeness (QED) is 0.886. The van der Waals surface area contributed by atoms with Gasteiger partial charge in [0.1, 0.15) is 11.5 Å². The predicted molar refractivity (Wildman–Crippen MR) is 71.2 cm³/mol. The number of nitrogens with zero attached hydrogens (tertiary/aromatic N) is 1. The fraction of sp³-hybridized carbons (Fsp3) is 0.143. The number of hydrogen-bond acceptors (Lipinski definition) is 3. The van der Waals surface area contributed by atoms with Crippen molar-refractivity contribution in [3.05, 3.63) is 59.7 Å². The first-order valence-corrected chi connectivity index (χ1v) is 5.84. The molecule has 1 amide bonds. The molecule has 2 aromatic rings. The molecule has 19 heavy (non-hydrogen) atoms. The summed E-state index contributed by atoms with van der Waals surface area (Å²) in [5.74, 6) is -0.839. The number of benzene rings is 1. The molecule has 1 heterocycles. The van der Waals surface area contributed by atoms with Gasteiger partial charge in [0.15, 0.2) is 0 Å². The van der Waals surface area contributed by atoms with Crippen molar-refractivity contribution in [2.24, 2.45) is 5.73 Å². The first-order valence-electron chi connectivity index (χ1n) is 5.84. The van der Waals surface area contributed by atoms with Crippen LogP contribution in [0.25, 0.3) is 0 Å². The zero-order valence-corrected chi connectivity index (χ0v) is 10.4. The Morgan fingerprint density at radius 3 is 2.63 bits per heavy atom. The molecular formula is C14H14FN3O. The number of halogens is 1. The maximum Gasteiger partial charge on any atom is 0.267 e. The van der Waals surface area contributed by atoms with Gasteiger partial charge in [0, 0.05) is 17.9 Å². The number of rotatable bonds is 4. The summed E-state index contributed by atoms with van der Waals surface area (Å²) >= 11 is 0. The second-order valence-electron chi connectivity index (χ2n) is 4.21. The number of nitrogens with two attached hydrogens (primary N) is 1. The molecule has 0 radical (unpaired) electrons. The molecule has 0 aliphatic rings. The number of carbonyl (C=O) groups excluding carboxylic acids is 1. The largest absolute Gasteiger partial charge is 0.378 e. The molecular weight excluding hydrogens is 245 g/mol. The molecule has 1 atom stereocenters. The van der Waals surface area contributed by atoms with Gasteiger partial charge in [0.2, 0.25) is 0 Å². The molecule has 0 spiro atoms. The lowest BCUT2D eigenvalue weighted by Crippen LogP contribution is -2.14. The Morgan fingerprint density at radius 1 is 1.32 bits per heavy atom. The van der Waals surface area contributed by atoms with Gasteiger partial charge in [-0.1, -0.05) is 12.1 Å². The highest BCUT2D eigenvalue weighted by molar-refractivity contribution is 5.91. The second-order valence-corrected chi connectivity index (χ2v) is 4.21. The van der Waals surface area contributed by atoms with Crippen molar-refractivity contribution in [3.8, 4) is 0 Å². The van der Waals surface area contributed by atoms with Crippen LogP contribution in [-0.2, 0) is 0 Å². The van der Waals surface area contributed by atoms with E-state index in [-0.39, 0.29) is 17.6 Å². The molecule has 5 heteroatoms. The van der Waals surface area contributed by atoms with Crippen LogP contribution in [0.5, 0.6) is 0 Å². The van der Waals surface area contributed by atoms with Crippen LogP contribution in [0.1, 0.15) is 29.0 Å². The highest BCUT2D eigenvalue weighted by Crippen LogP contribution is 2.19. The van der Waals surface area contributed by atoms with Crippen molar-refractivity contribution >= 4 is 11.6 Å². The summed E-state index contributed by atoms with van der Waals surface area (Å²) in [4.78, 5) is 14.9. The summed E-state index contributed by atoms with van der Waals surface area (Å²) in [6, 6.07) is 9.55. The molecule has 0 fully saturated rings. The Kier molecular flexibility index (Phi) is 3.75. The van der Waals surface area contributed by atoms with Gasteiger partial charge in [-0.05, 0) is 36.8 Å². The molecule has 2 rings (SSSR count). The monoisotopic (exact) mass is 259 g/mol. The van der Waals surface area contributed by atoms with Gasteiger partial charge in [-0.15, -0.1) is 0 Å². The van der Waals surface area contributed by atoms with E-state index in [0.717, 1.165) is 11.3 Å². The van der Waals surface area contributed by atoms with Gasteiger partial charge in [-0.25, -0.2) is 4.39 Å². The zero-order chi connectivity index (χ0) is 13.8. The van der Waals surface area contributed by atoms with Crippen LogP contribution in [0.2, 0.25) is 0 Å². The highest BCUT2D eigenvalue weighted by Gasteiger charge is 2.07. The lowest BCUT2D eigenvalue weighted by Gasteiger charge is -2.15. The molecule has 3 N–H and O–H groups in total. The van der Waals surface area contributed by atoms with Gasteiger partial charge in [0.05, 0.1) is 0 Å². The number of nitrogens with one attached hydrogen (secondary N) is 1. The lowest BCUT2D eigenvalue weighted by molar-refractivity contribution is 0.0995. The van der Waals surface area contributed by atoms with Gasteiger partial charge >= 0.3 is 0 Å². The number of carbonyl (C=O) groups is 1. The summed E-state index contributed by atoms with van der Waals surface area (Å²) < 4.78 is 12.8. The van der Waals surface area contributed by atoms with Crippen molar-refractivity contribution < 1.29 is 9.18 Å². The first kappa shape index (κ1) is 13.0. The minimum atomic E-state index is -0.571. The number of amides is 1. The van der Waals surface area contributed by atoms with Crippen molar-refractivity contribution in [2.75, 3.05) is 5.32 Å². The lowest BCUT2D eigenvalue weighted by atomic mass is 10.1. The molecule has 98 valence electrons. The van der Waals surface area contributed by atoms with E-state index >= 15 is 0 Å². The van der Waals surface area contributed by atoms with E-state index in [9.17, 15) is 9.18 Å². The number of hydrogen-bond donors (Lipinski definition) is 2. The molecule has 4 nitrogen and oxygen atoms in total. The van der Waals surface area contributed by atoms with E-state index in [1.165, 1.54) is 18.3 Å². The second kappa shape index (κ2) is 5.48. The van der Waals surface area contributed by atoms with E-state index in [1.807, 2.05) is 6.92 Å². The van der Waals surface area contributed by atoms with Crippen LogP contribution in [0.4, 0.5) is 10.1 Å². The smallest absolute Gasteiger partial charge is 0.267 e. The molecule has 1 aromatic heterocycles. The van der Waals surface area contributed by atoms with Crippen LogP contribution < -0.4 is 11.1 Å². The SMILES string of the molecule is CC(Nc1ccnc(C(N)=O)c1)c1ccc(F)cc1. The molecule has 1 aromatic carbocycles. The summed E-state index contributed by atoms with van der Waals surface area (Å²) in [5.41, 5.74) is 7.06. The van der Waals surface area contributed by atoms with Gasteiger partial charge in [0.25, 0.3) is 5.91 Å². The van der Waals surface area contributed by atoms with E-state index in [4.69, 9.17) is 5.73 Å². The maximum atomic E-state index is 12.8. The van der Waals surface area contributed by atoms with Gasteiger partial charge < -0.3 is 11.1 Å². The highest BCUT2D eigenvalue weighted by atomic mass is 19.1. The standard InChI is InChI=1S/C14H14FN3O/c1-9(10-2-4-11(15)5-3-10)18-12-6-7-17-13(8-12)14(16)19/h2-9H,1H3,(H2,16,19)(H,17,18). The minimum Gasteiger partial charge on any atom is -0.378 e. The third-order valence-electron chi connectivity index (χ3n) is 2.77. The topological polar surface area (TPSA) is 68.0 Å². The Hall–Kier alpha value is -2.43. The van der Waals surface area contributed by atoms with Crippen molar-refractivity contribution in [3.63, 3.8) is 0 Å². The maximum absolute atomic E-state index is 12.8. The minimum absolute atomic E-state index is 0.0243. The summed E-state index contributed by atoms with van der Waals surface area (Å²) in [5, 5.41) is 3.20. The molecule has 0 aliphatic carbocycles. The zero-order valence-electron chi connectivity index (χ0n) is 10.4. The summed E-state index contributed by atoms with van der Waals surface area (Å²) in [6.07, 6.45) is 1.51. The average Bonchev–Trinajstić information content (AvgIpc) is 2.39. The van der Waals surface area contributed by atoms with Crippen LogP contribution in [-0.4, -0.2) is 10.9 Å². The van der Waals surface area contributed by atoms with E-state index in [1.54, 1.807) is 24.3 Å². The molecule has 0 saturated carbocycles. The van der Waals surface area contributed by atoms with Crippen molar-refractivity contribution in [1.29, 1.82) is 0 Å². The van der Waals surface area contributed by atoms with Gasteiger partial charge in [-0.2, -0.15) is 0 Å². The first-order chi connectivity index (χ1) is 9.06. The van der Waals surface area contributed by atoms with Crippen molar-refractivity contribution in [1.82, 2.24) is 4.98 Å². The number of pyridine rings is 1. The number of anilines is 1. The van der Waals surface area contributed by atoms with Gasteiger partial charge in [-0.3, -0.25) is 9.78 Å². The molecule has 0 bridgehead atoms. The normalized spacial score (nSPS) is 11.9. The molecule has 0 saturated heterocycles. The number of primary amides is 1. The van der Waals surface area contributed by atoms with Crippen LogP contribution in [0.3, 0.4) is 0 Å². The van der Waals surface area contributed by atoms with E-state index < -0.39 is 5.91 Å².